The van der Waals surface area contributed by atoms with Crippen LogP contribution in [0.5, 0.6) is 5.75 Å². The van der Waals surface area contributed by atoms with Gasteiger partial charge in [-0.1, -0.05) is 19.1 Å². The average molecular weight is 337 g/mol. The summed E-state index contributed by atoms with van der Waals surface area (Å²) in [6, 6.07) is 12.5. The third-order valence-electron chi connectivity index (χ3n) is 3.50. The lowest BCUT2D eigenvalue weighted by Crippen LogP contribution is -2.31. The predicted octanol–water partition coefficient (Wildman–Crippen LogP) is 3.09. The summed E-state index contributed by atoms with van der Waals surface area (Å²) in [5.41, 5.74) is 1.16. The highest BCUT2D eigenvalue weighted by Gasteiger charge is 2.20. The molecule has 0 aromatic heterocycles. The number of sulfonamides is 1. The fraction of sp³-hybridized carbons (Fsp3) is 0.294. The molecule has 4 nitrogen and oxygen atoms in total. The highest BCUT2D eigenvalue weighted by Crippen LogP contribution is 2.16. The smallest absolute Gasteiger partial charge is 0.242 e. The molecule has 23 heavy (non-hydrogen) atoms. The predicted molar refractivity (Wildman–Crippen MR) is 87.5 cm³/mol. The summed E-state index contributed by atoms with van der Waals surface area (Å²) < 4.78 is 44.4. The Kier molecular flexibility index (Phi) is 5.74. The Balaban J connectivity index is 1.95. The molecule has 0 aliphatic heterocycles. The number of rotatable bonds is 7. The van der Waals surface area contributed by atoms with E-state index in [2.05, 4.69) is 6.92 Å². The SMILES string of the molecule is CCc1cccc(OCCN(C)S(=O)(=O)c2ccc(F)cc2)c1. The summed E-state index contributed by atoms with van der Waals surface area (Å²) >= 11 is 0. The van der Waals surface area contributed by atoms with E-state index in [9.17, 15) is 12.8 Å². The van der Waals surface area contributed by atoms with Crippen LogP contribution < -0.4 is 4.74 Å². The van der Waals surface area contributed by atoms with Crippen molar-refractivity contribution in [3.05, 3.63) is 59.9 Å². The Morgan fingerprint density at radius 2 is 1.83 bits per heavy atom. The first kappa shape index (κ1) is 17.4. The second-order valence-corrected chi connectivity index (χ2v) is 7.17. The minimum atomic E-state index is -3.64. The van der Waals surface area contributed by atoms with E-state index >= 15 is 0 Å². The number of hydrogen-bond acceptors (Lipinski definition) is 3. The molecule has 0 amide bonds. The van der Waals surface area contributed by atoms with Crippen LogP contribution in [0.15, 0.2) is 53.4 Å². The molecule has 0 atom stereocenters. The van der Waals surface area contributed by atoms with E-state index < -0.39 is 15.8 Å². The first-order chi connectivity index (χ1) is 10.9. The fourth-order valence-electron chi connectivity index (χ4n) is 2.05. The second kappa shape index (κ2) is 7.57. The molecule has 0 radical (unpaired) electrons. The van der Waals surface area contributed by atoms with Gasteiger partial charge < -0.3 is 4.74 Å². The third-order valence-corrected chi connectivity index (χ3v) is 5.37. The van der Waals surface area contributed by atoms with Crippen LogP contribution in [0.2, 0.25) is 0 Å². The van der Waals surface area contributed by atoms with Crippen molar-refractivity contribution < 1.29 is 17.5 Å². The maximum Gasteiger partial charge on any atom is 0.242 e. The Hall–Kier alpha value is -1.92. The molecule has 0 N–H and O–H groups in total. The number of halogens is 1. The molecule has 0 saturated heterocycles. The lowest BCUT2D eigenvalue weighted by Gasteiger charge is -2.17. The van der Waals surface area contributed by atoms with Crippen molar-refractivity contribution in [2.75, 3.05) is 20.2 Å². The molecular weight excluding hydrogens is 317 g/mol. The maximum absolute atomic E-state index is 12.9. The Labute approximate surface area is 136 Å². The summed E-state index contributed by atoms with van der Waals surface area (Å²) in [7, 11) is -2.16. The van der Waals surface area contributed by atoms with Gasteiger partial charge in [-0.2, -0.15) is 4.31 Å². The van der Waals surface area contributed by atoms with Gasteiger partial charge in [0.2, 0.25) is 10.0 Å². The fourth-order valence-corrected chi connectivity index (χ4v) is 3.21. The molecule has 0 bridgehead atoms. The van der Waals surface area contributed by atoms with E-state index in [1.54, 1.807) is 0 Å². The molecule has 6 heteroatoms. The lowest BCUT2D eigenvalue weighted by atomic mass is 10.2. The van der Waals surface area contributed by atoms with Gasteiger partial charge in [0.25, 0.3) is 0 Å². The molecule has 0 aliphatic rings. The Morgan fingerprint density at radius 1 is 1.13 bits per heavy atom. The zero-order chi connectivity index (χ0) is 16.9. The molecule has 0 spiro atoms. The molecular formula is C17H20FNO3S. The van der Waals surface area contributed by atoms with Crippen LogP contribution in [0.3, 0.4) is 0 Å². The largest absolute Gasteiger partial charge is 0.492 e. The van der Waals surface area contributed by atoms with Crippen molar-refractivity contribution in [3.63, 3.8) is 0 Å². The van der Waals surface area contributed by atoms with Gasteiger partial charge in [-0.25, -0.2) is 12.8 Å². The number of likely N-dealkylation sites (N-methyl/N-ethyl adjacent to an activating group) is 1. The second-order valence-electron chi connectivity index (χ2n) is 5.13. The number of hydrogen-bond donors (Lipinski definition) is 0. The van der Waals surface area contributed by atoms with Gasteiger partial charge in [-0.3, -0.25) is 0 Å². The molecule has 2 rings (SSSR count). The molecule has 0 saturated carbocycles. The van der Waals surface area contributed by atoms with Crippen LogP contribution in [0.1, 0.15) is 12.5 Å². The standard InChI is InChI=1S/C17H20FNO3S/c1-3-14-5-4-6-16(13-14)22-12-11-19(2)23(20,21)17-9-7-15(18)8-10-17/h4-10,13H,3,11-12H2,1-2H3. The van der Waals surface area contributed by atoms with E-state index in [4.69, 9.17) is 4.74 Å². The van der Waals surface area contributed by atoms with Crippen LogP contribution in [-0.2, 0) is 16.4 Å². The van der Waals surface area contributed by atoms with E-state index in [1.807, 2.05) is 24.3 Å². The average Bonchev–Trinajstić information content (AvgIpc) is 2.55. The minimum Gasteiger partial charge on any atom is -0.492 e. The quantitative estimate of drug-likeness (QED) is 0.780. The van der Waals surface area contributed by atoms with Crippen LogP contribution in [-0.4, -0.2) is 32.9 Å². The van der Waals surface area contributed by atoms with Crippen molar-refractivity contribution >= 4 is 10.0 Å². The summed E-state index contributed by atoms with van der Waals surface area (Å²) in [6.07, 6.45) is 0.913. The summed E-state index contributed by atoms with van der Waals surface area (Å²) in [5, 5.41) is 0. The van der Waals surface area contributed by atoms with Gasteiger partial charge in [-0.05, 0) is 48.4 Å². The minimum absolute atomic E-state index is 0.0642. The summed E-state index contributed by atoms with van der Waals surface area (Å²) in [4.78, 5) is 0.0642. The monoisotopic (exact) mass is 337 g/mol. The third kappa shape index (κ3) is 4.53. The molecule has 0 aliphatic carbocycles. The first-order valence-corrected chi connectivity index (χ1v) is 8.81. The first-order valence-electron chi connectivity index (χ1n) is 7.37. The number of benzene rings is 2. The van der Waals surface area contributed by atoms with Crippen molar-refractivity contribution in [1.82, 2.24) is 4.31 Å². The van der Waals surface area contributed by atoms with Gasteiger partial charge in [0.05, 0.1) is 4.90 Å². The molecule has 2 aromatic carbocycles. The van der Waals surface area contributed by atoms with Gasteiger partial charge in [0, 0.05) is 13.6 Å². The van der Waals surface area contributed by atoms with Crippen LogP contribution >= 0.6 is 0 Å². The van der Waals surface area contributed by atoms with Crippen LogP contribution in [0.4, 0.5) is 4.39 Å². The summed E-state index contributed by atoms with van der Waals surface area (Å²) in [6.45, 7) is 2.50. The lowest BCUT2D eigenvalue weighted by molar-refractivity contribution is 0.286. The molecule has 0 heterocycles. The van der Waals surface area contributed by atoms with Crippen LogP contribution in [0.25, 0.3) is 0 Å². The normalized spacial score (nSPS) is 11.7. The molecule has 0 fully saturated rings. The van der Waals surface area contributed by atoms with Gasteiger partial charge in [0.15, 0.2) is 0 Å². The van der Waals surface area contributed by atoms with Crippen molar-refractivity contribution in [2.24, 2.45) is 0 Å². The molecule has 124 valence electrons. The maximum atomic E-state index is 12.9. The van der Waals surface area contributed by atoms with Crippen molar-refractivity contribution in [1.29, 1.82) is 0 Å². The van der Waals surface area contributed by atoms with Crippen molar-refractivity contribution in [2.45, 2.75) is 18.2 Å². The molecule has 0 unspecified atom stereocenters. The van der Waals surface area contributed by atoms with Crippen molar-refractivity contribution in [3.8, 4) is 5.75 Å². The van der Waals surface area contributed by atoms with E-state index in [0.29, 0.717) is 0 Å². The van der Waals surface area contributed by atoms with Gasteiger partial charge in [-0.15, -0.1) is 0 Å². The van der Waals surface area contributed by atoms with E-state index in [-0.39, 0.29) is 18.0 Å². The Bertz CT molecular complexity index is 745. The Morgan fingerprint density at radius 3 is 2.48 bits per heavy atom. The van der Waals surface area contributed by atoms with Crippen LogP contribution in [0, 0.1) is 5.82 Å². The topological polar surface area (TPSA) is 46.6 Å². The zero-order valence-corrected chi connectivity index (χ0v) is 14.0. The van der Waals surface area contributed by atoms with E-state index in [1.165, 1.54) is 23.5 Å². The van der Waals surface area contributed by atoms with E-state index in [0.717, 1.165) is 29.9 Å². The summed E-state index contributed by atoms with van der Waals surface area (Å²) in [5.74, 6) is 0.252. The highest BCUT2D eigenvalue weighted by atomic mass is 32.2. The number of aryl methyl sites for hydroxylation is 1. The number of ether oxygens (including phenoxy) is 1. The van der Waals surface area contributed by atoms with Gasteiger partial charge in [0.1, 0.15) is 18.2 Å². The zero-order valence-electron chi connectivity index (χ0n) is 13.2. The van der Waals surface area contributed by atoms with Gasteiger partial charge >= 0.3 is 0 Å². The molecule has 2 aromatic rings. The highest BCUT2D eigenvalue weighted by molar-refractivity contribution is 7.89. The number of nitrogens with zero attached hydrogens (tertiary/aromatic N) is 1.